The number of carbonyl (C=O) groups is 2. The number of ether oxygens (including phenoxy) is 1. The molecule has 0 radical (unpaired) electrons. The van der Waals surface area contributed by atoms with Gasteiger partial charge in [-0.15, -0.1) is 0 Å². The van der Waals surface area contributed by atoms with Crippen molar-refractivity contribution in [2.75, 3.05) is 11.9 Å². The average Bonchev–Trinajstić information content (AvgIpc) is 2.46. The van der Waals surface area contributed by atoms with Crippen LogP contribution >= 0.6 is 11.6 Å². The van der Waals surface area contributed by atoms with Gasteiger partial charge in [0.05, 0.1) is 10.6 Å². The molecule has 22 heavy (non-hydrogen) atoms. The molecule has 0 saturated carbocycles. The summed E-state index contributed by atoms with van der Waals surface area (Å²) in [6.07, 6.45) is 0. The number of anilines is 1. The minimum atomic E-state index is -1.12. The van der Waals surface area contributed by atoms with Crippen molar-refractivity contribution in [3.8, 4) is 5.75 Å². The summed E-state index contributed by atoms with van der Waals surface area (Å²) in [5.74, 6) is -0.843. The van der Waals surface area contributed by atoms with E-state index in [2.05, 4.69) is 5.32 Å². The second-order valence-electron chi connectivity index (χ2n) is 4.60. The van der Waals surface area contributed by atoms with E-state index in [1.165, 1.54) is 18.2 Å². The van der Waals surface area contributed by atoms with Crippen molar-refractivity contribution in [2.24, 2.45) is 0 Å². The Balaban J connectivity index is 1.96. The first-order valence-corrected chi connectivity index (χ1v) is 6.86. The second-order valence-corrected chi connectivity index (χ2v) is 5.01. The summed E-state index contributed by atoms with van der Waals surface area (Å²) in [6.45, 7) is 1.74. The van der Waals surface area contributed by atoms with E-state index in [1.54, 1.807) is 6.07 Å². The molecule has 1 amide bonds. The van der Waals surface area contributed by atoms with Gasteiger partial charge in [-0.2, -0.15) is 0 Å². The third kappa shape index (κ3) is 3.99. The molecule has 0 atom stereocenters. The van der Waals surface area contributed by atoms with E-state index in [1.807, 2.05) is 25.1 Å². The van der Waals surface area contributed by atoms with E-state index in [4.69, 9.17) is 21.4 Å². The quantitative estimate of drug-likeness (QED) is 0.886. The van der Waals surface area contributed by atoms with Crippen LogP contribution in [0.3, 0.4) is 0 Å². The van der Waals surface area contributed by atoms with Crippen molar-refractivity contribution in [1.82, 2.24) is 0 Å². The van der Waals surface area contributed by atoms with Gasteiger partial charge in [0.25, 0.3) is 5.91 Å². The molecule has 2 N–H and O–H groups in total. The van der Waals surface area contributed by atoms with Gasteiger partial charge in [-0.25, -0.2) is 4.79 Å². The van der Waals surface area contributed by atoms with Crippen LogP contribution in [0.1, 0.15) is 15.9 Å². The van der Waals surface area contributed by atoms with Crippen molar-refractivity contribution >= 4 is 29.2 Å². The first-order valence-electron chi connectivity index (χ1n) is 6.48. The summed E-state index contributed by atoms with van der Waals surface area (Å²) in [5.41, 5.74) is 1.33. The molecule has 0 aromatic heterocycles. The van der Waals surface area contributed by atoms with Crippen LogP contribution in [0, 0.1) is 6.92 Å². The minimum absolute atomic E-state index is 0.0178. The Kier molecular flexibility index (Phi) is 5.01. The Morgan fingerprint density at radius 3 is 2.59 bits per heavy atom. The van der Waals surface area contributed by atoms with Gasteiger partial charge in [-0.1, -0.05) is 29.8 Å². The van der Waals surface area contributed by atoms with Gasteiger partial charge in [0.15, 0.2) is 6.61 Å². The monoisotopic (exact) mass is 319 g/mol. The molecule has 6 heteroatoms. The minimum Gasteiger partial charge on any atom is -0.483 e. The normalized spacial score (nSPS) is 10.1. The summed E-state index contributed by atoms with van der Waals surface area (Å²) in [4.78, 5) is 22.7. The number of aryl methyl sites for hydroxylation is 1. The number of nitrogens with one attached hydrogen (secondary N) is 1. The third-order valence-electron chi connectivity index (χ3n) is 2.94. The number of carbonyl (C=O) groups excluding carboxylic acids is 1. The highest BCUT2D eigenvalue weighted by atomic mass is 35.5. The highest BCUT2D eigenvalue weighted by molar-refractivity contribution is 6.33. The van der Waals surface area contributed by atoms with Crippen LogP contribution in [-0.4, -0.2) is 23.6 Å². The molecule has 2 rings (SSSR count). The predicted octanol–water partition coefficient (Wildman–Crippen LogP) is 3.36. The van der Waals surface area contributed by atoms with Gasteiger partial charge in [-0.05, 0) is 36.8 Å². The first kappa shape index (κ1) is 15.9. The number of carboxylic acid groups (broad SMARTS) is 1. The molecule has 5 nitrogen and oxygen atoms in total. The molecule has 0 aliphatic heterocycles. The topological polar surface area (TPSA) is 75.6 Å². The van der Waals surface area contributed by atoms with Crippen molar-refractivity contribution in [2.45, 2.75) is 6.92 Å². The van der Waals surface area contributed by atoms with Crippen LogP contribution < -0.4 is 10.1 Å². The van der Waals surface area contributed by atoms with Crippen LogP contribution in [0.4, 0.5) is 5.69 Å². The zero-order valence-electron chi connectivity index (χ0n) is 11.8. The molecule has 0 unspecified atom stereocenters. The van der Waals surface area contributed by atoms with Gasteiger partial charge < -0.3 is 15.2 Å². The van der Waals surface area contributed by atoms with E-state index in [0.717, 1.165) is 5.56 Å². The number of para-hydroxylation sites is 1. The fourth-order valence-corrected chi connectivity index (χ4v) is 2.09. The maximum atomic E-state index is 11.8. The van der Waals surface area contributed by atoms with Gasteiger partial charge in [-0.3, -0.25) is 4.79 Å². The molecule has 0 fully saturated rings. The number of hydrogen-bond acceptors (Lipinski definition) is 3. The van der Waals surface area contributed by atoms with E-state index in [0.29, 0.717) is 11.4 Å². The Labute approximate surface area is 132 Å². The Bertz CT molecular complexity index is 715. The van der Waals surface area contributed by atoms with E-state index in [-0.39, 0.29) is 23.1 Å². The molecule has 0 aliphatic rings. The highest BCUT2D eigenvalue weighted by Gasteiger charge is 2.10. The van der Waals surface area contributed by atoms with Crippen molar-refractivity contribution < 1.29 is 19.4 Å². The van der Waals surface area contributed by atoms with Crippen LogP contribution in [0.2, 0.25) is 5.02 Å². The lowest BCUT2D eigenvalue weighted by Crippen LogP contribution is -2.20. The molecule has 0 heterocycles. The number of rotatable bonds is 5. The third-order valence-corrected chi connectivity index (χ3v) is 3.25. The van der Waals surface area contributed by atoms with E-state index < -0.39 is 5.97 Å². The maximum Gasteiger partial charge on any atom is 0.337 e. The molecule has 2 aromatic carbocycles. The van der Waals surface area contributed by atoms with Crippen LogP contribution in [0.5, 0.6) is 5.75 Å². The molecule has 0 aliphatic carbocycles. The molecule has 0 spiro atoms. The highest BCUT2D eigenvalue weighted by Crippen LogP contribution is 2.21. The Morgan fingerprint density at radius 2 is 1.95 bits per heavy atom. The SMILES string of the molecule is Cc1ccccc1OCC(=O)Nc1ccc(C(=O)O)c(Cl)c1. The predicted molar refractivity (Wildman–Crippen MR) is 83.7 cm³/mol. The number of halogens is 1. The zero-order chi connectivity index (χ0) is 16.1. The van der Waals surface area contributed by atoms with Crippen molar-refractivity contribution in [1.29, 1.82) is 0 Å². The second kappa shape index (κ2) is 6.95. The van der Waals surface area contributed by atoms with E-state index in [9.17, 15) is 9.59 Å². The first-order chi connectivity index (χ1) is 10.5. The summed E-state index contributed by atoms with van der Waals surface area (Å²) in [5, 5.41) is 11.5. The Hall–Kier alpha value is -2.53. The smallest absolute Gasteiger partial charge is 0.337 e. The molecule has 2 aromatic rings. The van der Waals surface area contributed by atoms with Crippen LogP contribution in [0.25, 0.3) is 0 Å². The standard InChI is InChI=1S/C16H14ClNO4/c1-10-4-2-3-5-14(10)22-9-15(19)18-11-6-7-12(16(20)21)13(17)8-11/h2-8H,9H2,1H3,(H,18,19)(H,20,21). The summed E-state index contributed by atoms with van der Waals surface area (Å²) < 4.78 is 5.42. The van der Waals surface area contributed by atoms with Crippen molar-refractivity contribution in [3.63, 3.8) is 0 Å². The van der Waals surface area contributed by atoms with Gasteiger partial charge >= 0.3 is 5.97 Å². The van der Waals surface area contributed by atoms with E-state index >= 15 is 0 Å². The molecular formula is C16H14ClNO4. The number of carboxylic acids is 1. The Morgan fingerprint density at radius 1 is 1.23 bits per heavy atom. The van der Waals surface area contributed by atoms with Gasteiger partial charge in [0.2, 0.25) is 0 Å². The lowest BCUT2D eigenvalue weighted by Gasteiger charge is -2.10. The zero-order valence-corrected chi connectivity index (χ0v) is 12.6. The lowest BCUT2D eigenvalue weighted by atomic mass is 10.2. The lowest BCUT2D eigenvalue weighted by molar-refractivity contribution is -0.118. The number of aromatic carboxylic acids is 1. The summed E-state index contributed by atoms with van der Waals surface area (Å²) >= 11 is 5.84. The summed E-state index contributed by atoms with van der Waals surface area (Å²) in [7, 11) is 0. The molecule has 0 bridgehead atoms. The molecular weight excluding hydrogens is 306 g/mol. The van der Waals surface area contributed by atoms with Gasteiger partial charge in [0.1, 0.15) is 5.75 Å². The van der Waals surface area contributed by atoms with Crippen LogP contribution in [0.15, 0.2) is 42.5 Å². The number of amides is 1. The maximum absolute atomic E-state index is 11.8. The van der Waals surface area contributed by atoms with Crippen LogP contribution in [-0.2, 0) is 4.79 Å². The fourth-order valence-electron chi connectivity index (χ4n) is 1.83. The number of hydrogen-bond donors (Lipinski definition) is 2. The van der Waals surface area contributed by atoms with Gasteiger partial charge in [0, 0.05) is 5.69 Å². The summed E-state index contributed by atoms with van der Waals surface area (Å²) in [6, 6.07) is 11.6. The molecule has 114 valence electrons. The number of benzene rings is 2. The largest absolute Gasteiger partial charge is 0.483 e. The molecule has 0 saturated heterocycles. The fraction of sp³-hybridized carbons (Fsp3) is 0.125. The van der Waals surface area contributed by atoms with Crippen molar-refractivity contribution in [3.05, 3.63) is 58.6 Å². The average molecular weight is 320 g/mol.